The molecule has 0 heterocycles. The molecule has 1 aliphatic carbocycles. The molecule has 124 valence electrons. The summed E-state index contributed by atoms with van der Waals surface area (Å²) in [6, 6.07) is 7.79. The van der Waals surface area contributed by atoms with E-state index in [-0.39, 0.29) is 12.1 Å². The van der Waals surface area contributed by atoms with Crippen molar-refractivity contribution < 1.29 is 14.3 Å². The molecule has 2 N–H and O–H groups in total. The summed E-state index contributed by atoms with van der Waals surface area (Å²) in [5, 5.41) is 15.4. The van der Waals surface area contributed by atoms with Crippen molar-refractivity contribution in [3.63, 3.8) is 0 Å². The Balaban J connectivity index is 1.88. The monoisotopic (exact) mass is 317 g/mol. The van der Waals surface area contributed by atoms with Gasteiger partial charge in [-0.2, -0.15) is 5.26 Å². The van der Waals surface area contributed by atoms with Crippen molar-refractivity contribution >= 4 is 11.8 Å². The molecule has 6 nitrogen and oxygen atoms in total. The Morgan fingerprint density at radius 2 is 2.00 bits per heavy atom. The van der Waals surface area contributed by atoms with E-state index in [1.54, 1.807) is 19.2 Å². The van der Waals surface area contributed by atoms with Gasteiger partial charge < -0.3 is 20.1 Å². The minimum atomic E-state index is -0.495. The number of para-hydroxylation sites is 1. The number of rotatable bonds is 4. The molecule has 1 aromatic carbocycles. The number of nitriles is 1. The molecule has 0 atom stereocenters. The van der Waals surface area contributed by atoms with E-state index in [9.17, 15) is 10.1 Å². The average molecular weight is 317 g/mol. The van der Waals surface area contributed by atoms with Gasteiger partial charge in [0.25, 0.3) is 0 Å². The maximum absolute atomic E-state index is 11.7. The van der Waals surface area contributed by atoms with Gasteiger partial charge in [-0.25, -0.2) is 4.79 Å². The predicted octanol–water partition coefficient (Wildman–Crippen LogP) is 3.03. The maximum atomic E-state index is 11.7. The van der Waals surface area contributed by atoms with Crippen LogP contribution in [0.4, 0.5) is 10.5 Å². The van der Waals surface area contributed by atoms with Gasteiger partial charge in [0, 0.05) is 12.1 Å². The highest BCUT2D eigenvalue weighted by atomic mass is 16.6. The number of carbonyl (C=O) groups is 1. The lowest BCUT2D eigenvalue weighted by atomic mass is 9.86. The fourth-order valence-electron chi connectivity index (χ4n) is 2.48. The summed E-state index contributed by atoms with van der Waals surface area (Å²) in [6.45, 7) is 5.51. The molecule has 1 saturated carbocycles. The van der Waals surface area contributed by atoms with Gasteiger partial charge in [0.2, 0.25) is 0 Å². The van der Waals surface area contributed by atoms with Gasteiger partial charge in [0.1, 0.15) is 17.4 Å². The number of hydrogen-bond acceptors (Lipinski definition) is 5. The zero-order valence-corrected chi connectivity index (χ0v) is 14.0. The number of methoxy groups -OCH3 is 1. The quantitative estimate of drug-likeness (QED) is 0.892. The average Bonchev–Trinajstić information content (AvgIpc) is 2.42. The third-order valence-electron chi connectivity index (χ3n) is 3.57. The standard InChI is InChI=1S/C17H23N3O3/c1-17(2,3)23-16(21)20-13-8-12(9-13)19-15-11(10-18)6-5-7-14(15)22-4/h5-7,12-13,19H,8-9H2,1-4H3,(H,20,21). The van der Waals surface area contributed by atoms with Gasteiger partial charge in [-0.3, -0.25) is 0 Å². The van der Waals surface area contributed by atoms with Crippen LogP contribution in [0.5, 0.6) is 5.75 Å². The first-order chi connectivity index (χ1) is 10.8. The van der Waals surface area contributed by atoms with Crippen LogP contribution in [-0.2, 0) is 4.74 Å². The molecule has 6 heteroatoms. The number of benzene rings is 1. The highest BCUT2D eigenvalue weighted by Crippen LogP contribution is 2.32. The molecule has 1 aliphatic rings. The zero-order chi connectivity index (χ0) is 17.0. The van der Waals surface area contributed by atoms with Crippen LogP contribution < -0.4 is 15.4 Å². The van der Waals surface area contributed by atoms with Gasteiger partial charge in [-0.05, 0) is 45.7 Å². The minimum Gasteiger partial charge on any atom is -0.495 e. The topological polar surface area (TPSA) is 83.4 Å². The third-order valence-corrected chi connectivity index (χ3v) is 3.57. The van der Waals surface area contributed by atoms with Crippen molar-refractivity contribution in [1.29, 1.82) is 5.26 Å². The minimum absolute atomic E-state index is 0.0857. The van der Waals surface area contributed by atoms with Crippen molar-refractivity contribution in [3.8, 4) is 11.8 Å². The smallest absolute Gasteiger partial charge is 0.407 e. The van der Waals surface area contributed by atoms with Gasteiger partial charge >= 0.3 is 6.09 Å². The second kappa shape index (κ2) is 6.78. The Morgan fingerprint density at radius 3 is 2.57 bits per heavy atom. The molecule has 0 aromatic heterocycles. The Bertz CT molecular complexity index is 610. The number of ether oxygens (including phenoxy) is 2. The maximum Gasteiger partial charge on any atom is 0.407 e. The SMILES string of the molecule is COc1cccc(C#N)c1NC1CC(NC(=O)OC(C)(C)C)C1. The molecular formula is C17H23N3O3. The van der Waals surface area contributed by atoms with Crippen molar-refractivity contribution in [3.05, 3.63) is 23.8 Å². The van der Waals surface area contributed by atoms with E-state index in [2.05, 4.69) is 16.7 Å². The number of nitrogens with one attached hydrogen (secondary N) is 2. The Morgan fingerprint density at radius 1 is 1.30 bits per heavy atom. The van der Waals surface area contributed by atoms with Crippen LogP contribution in [0.15, 0.2) is 18.2 Å². The van der Waals surface area contributed by atoms with Gasteiger partial charge in [-0.15, -0.1) is 0 Å². The molecule has 1 aromatic rings. The summed E-state index contributed by atoms with van der Waals surface area (Å²) in [5.74, 6) is 0.646. The van der Waals surface area contributed by atoms with E-state index >= 15 is 0 Å². The molecule has 0 saturated heterocycles. The lowest BCUT2D eigenvalue weighted by Crippen LogP contribution is -2.50. The van der Waals surface area contributed by atoms with E-state index in [1.165, 1.54) is 0 Å². The van der Waals surface area contributed by atoms with E-state index in [0.29, 0.717) is 17.0 Å². The summed E-state index contributed by atoms with van der Waals surface area (Å²) >= 11 is 0. The Kier molecular flexibility index (Phi) is 4.99. The normalized spacial score (nSPS) is 20.0. The van der Waals surface area contributed by atoms with Crippen LogP contribution in [0.3, 0.4) is 0 Å². The molecule has 0 spiro atoms. The number of alkyl carbamates (subject to hydrolysis) is 1. The van der Waals surface area contributed by atoms with Crippen LogP contribution in [0.1, 0.15) is 39.2 Å². The molecule has 23 heavy (non-hydrogen) atoms. The molecule has 2 rings (SSSR count). The largest absolute Gasteiger partial charge is 0.495 e. The van der Waals surface area contributed by atoms with Crippen LogP contribution in [-0.4, -0.2) is 30.9 Å². The van der Waals surface area contributed by atoms with Crippen molar-refractivity contribution in [2.24, 2.45) is 0 Å². The Labute approximate surface area is 136 Å². The fraction of sp³-hybridized carbons (Fsp3) is 0.529. The lowest BCUT2D eigenvalue weighted by Gasteiger charge is -2.37. The van der Waals surface area contributed by atoms with Crippen LogP contribution in [0.25, 0.3) is 0 Å². The second-order valence-electron chi connectivity index (χ2n) is 6.65. The van der Waals surface area contributed by atoms with Crippen LogP contribution in [0.2, 0.25) is 0 Å². The fourth-order valence-corrected chi connectivity index (χ4v) is 2.48. The first kappa shape index (κ1) is 16.9. The summed E-state index contributed by atoms with van der Waals surface area (Å²) in [4.78, 5) is 11.7. The van der Waals surface area contributed by atoms with Gasteiger partial charge in [0.15, 0.2) is 0 Å². The van der Waals surface area contributed by atoms with E-state index in [1.807, 2.05) is 26.8 Å². The lowest BCUT2D eigenvalue weighted by molar-refractivity contribution is 0.0475. The first-order valence-electron chi connectivity index (χ1n) is 7.65. The summed E-state index contributed by atoms with van der Waals surface area (Å²) in [6.07, 6.45) is 1.17. The predicted molar refractivity (Wildman–Crippen MR) is 87.5 cm³/mol. The van der Waals surface area contributed by atoms with E-state index in [0.717, 1.165) is 12.8 Å². The molecular weight excluding hydrogens is 294 g/mol. The van der Waals surface area contributed by atoms with Crippen molar-refractivity contribution in [2.45, 2.75) is 51.3 Å². The van der Waals surface area contributed by atoms with Crippen molar-refractivity contribution in [2.75, 3.05) is 12.4 Å². The third kappa shape index (κ3) is 4.52. The molecule has 0 aliphatic heterocycles. The van der Waals surface area contributed by atoms with E-state index in [4.69, 9.17) is 9.47 Å². The number of amides is 1. The summed E-state index contributed by atoms with van der Waals surface area (Å²) in [7, 11) is 1.58. The highest BCUT2D eigenvalue weighted by Gasteiger charge is 2.32. The van der Waals surface area contributed by atoms with Gasteiger partial charge in [0.05, 0.1) is 18.4 Å². The summed E-state index contributed by atoms with van der Waals surface area (Å²) in [5.41, 5.74) is 0.760. The zero-order valence-electron chi connectivity index (χ0n) is 14.0. The second-order valence-corrected chi connectivity index (χ2v) is 6.65. The molecule has 0 unspecified atom stereocenters. The molecule has 0 bridgehead atoms. The van der Waals surface area contributed by atoms with Crippen molar-refractivity contribution in [1.82, 2.24) is 5.32 Å². The van der Waals surface area contributed by atoms with E-state index < -0.39 is 11.7 Å². The number of hydrogen-bond donors (Lipinski definition) is 2. The number of nitrogens with zero attached hydrogens (tertiary/aromatic N) is 1. The number of anilines is 1. The van der Waals surface area contributed by atoms with Gasteiger partial charge in [-0.1, -0.05) is 6.07 Å². The Hall–Kier alpha value is -2.42. The molecule has 0 radical (unpaired) electrons. The van der Waals surface area contributed by atoms with Crippen LogP contribution in [0, 0.1) is 11.3 Å². The molecule has 1 amide bonds. The summed E-state index contributed by atoms with van der Waals surface area (Å²) < 4.78 is 10.5. The first-order valence-corrected chi connectivity index (χ1v) is 7.65. The highest BCUT2D eigenvalue weighted by molar-refractivity contribution is 5.69. The number of carbonyl (C=O) groups excluding carboxylic acids is 1. The van der Waals surface area contributed by atoms with Crippen LogP contribution >= 0.6 is 0 Å². The molecule has 1 fully saturated rings.